The molecule has 0 unspecified atom stereocenters. The van der Waals surface area contributed by atoms with Crippen LogP contribution in [0.5, 0.6) is 0 Å². The molecule has 158 valence electrons. The fraction of sp³-hybridized carbons (Fsp3) is 0.136. The molecule has 0 aliphatic rings. The van der Waals surface area contributed by atoms with E-state index in [-0.39, 0.29) is 22.9 Å². The van der Waals surface area contributed by atoms with Crippen molar-refractivity contribution in [2.45, 2.75) is 11.3 Å². The van der Waals surface area contributed by atoms with E-state index in [4.69, 9.17) is 18.0 Å². The SMILES string of the molecule is C#Cc1ccc2c(S(=O)(=O)N=CN(C)C)cc(NC(=O)Cc3ccccc3Cl)cc2n1. The minimum atomic E-state index is -4.06. The molecule has 1 N–H and O–H groups in total. The molecule has 0 aliphatic carbocycles. The first kappa shape index (κ1) is 22.3. The Balaban J connectivity index is 2.04. The zero-order valence-electron chi connectivity index (χ0n) is 16.8. The van der Waals surface area contributed by atoms with E-state index < -0.39 is 10.0 Å². The van der Waals surface area contributed by atoms with Gasteiger partial charge in [0, 0.05) is 30.2 Å². The van der Waals surface area contributed by atoms with Gasteiger partial charge in [-0.1, -0.05) is 35.7 Å². The predicted molar refractivity (Wildman–Crippen MR) is 123 cm³/mol. The summed E-state index contributed by atoms with van der Waals surface area (Å²) in [6, 6.07) is 13.0. The topological polar surface area (TPSA) is 91.7 Å². The average Bonchev–Trinajstić information content (AvgIpc) is 2.73. The average molecular weight is 455 g/mol. The standard InChI is InChI=1S/C22H19ClN4O3S/c1-4-16-9-10-18-20(25-16)12-17(13-21(18)31(29,30)24-14-27(2)3)26-22(28)11-15-7-5-6-8-19(15)23/h1,5-10,12-14H,11H2,2-3H3,(H,26,28). The number of halogens is 1. The Bertz CT molecular complexity index is 1330. The Labute approximate surface area is 185 Å². The summed E-state index contributed by atoms with van der Waals surface area (Å²) in [5, 5.41) is 3.53. The Morgan fingerprint density at radius 2 is 2.00 bits per heavy atom. The molecule has 7 nitrogen and oxygen atoms in total. The van der Waals surface area contributed by atoms with Crippen LogP contribution in [0.4, 0.5) is 5.69 Å². The number of hydrogen-bond donors (Lipinski definition) is 1. The number of sulfonamides is 1. The maximum atomic E-state index is 12.9. The molecule has 0 bridgehead atoms. The lowest BCUT2D eigenvalue weighted by Gasteiger charge is -2.11. The summed E-state index contributed by atoms with van der Waals surface area (Å²) >= 11 is 6.12. The smallest absolute Gasteiger partial charge is 0.284 e. The summed E-state index contributed by atoms with van der Waals surface area (Å²) in [4.78, 5) is 18.3. The van der Waals surface area contributed by atoms with Crippen molar-refractivity contribution >= 4 is 50.5 Å². The first-order valence-electron chi connectivity index (χ1n) is 9.11. The van der Waals surface area contributed by atoms with Crippen LogP contribution < -0.4 is 5.32 Å². The van der Waals surface area contributed by atoms with Crippen LogP contribution in [0.2, 0.25) is 5.02 Å². The summed E-state index contributed by atoms with van der Waals surface area (Å²) < 4.78 is 29.4. The normalized spacial score (nSPS) is 11.4. The summed E-state index contributed by atoms with van der Waals surface area (Å²) in [6.07, 6.45) is 6.63. The van der Waals surface area contributed by atoms with Gasteiger partial charge in [0.25, 0.3) is 10.0 Å². The molecule has 1 aromatic heterocycles. The van der Waals surface area contributed by atoms with E-state index in [0.29, 0.717) is 27.2 Å². The number of terminal acetylenes is 1. The van der Waals surface area contributed by atoms with Gasteiger partial charge < -0.3 is 10.2 Å². The zero-order chi connectivity index (χ0) is 22.6. The number of hydrogen-bond acceptors (Lipinski definition) is 4. The fourth-order valence-electron chi connectivity index (χ4n) is 2.80. The lowest BCUT2D eigenvalue weighted by molar-refractivity contribution is -0.115. The van der Waals surface area contributed by atoms with Gasteiger partial charge in [-0.15, -0.1) is 10.8 Å². The first-order chi connectivity index (χ1) is 14.7. The number of anilines is 1. The number of carbonyl (C=O) groups is 1. The number of carbonyl (C=O) groups excluding carboxylic acids is 1. The van der Waals surface area contributed by atoms with E-state index in [1.807, 2.05) is 0 Å². The van der Waals surface area contributed by atoms with Gasteiger partial charge in [0.1, 0.15) is 16.9 Å². The van der Waals surface area contributed by atoms with Crippen LogP contribution in [-0.2, 0) is 21.2 Å². The number of amides is 1. The highest BCUT2D eigenvalue weighted by Gasteiger charge is 2.19. The molecular formula is C22H19ClN4O3S. The maximum Gasteiger partial charge on any atom is 0.284 e. The number of rotatable bonds is 6. The third-order valence-corrected chi connectivity index (χ3v) is 5.84. The third-order valence-electron chi connectivity index (χ3n) is 4.20. The minimum absolute atomic E-state index is 0.0242. The van der Waals surface area contributed by atoms with Gasteiger partial charge >= 0.3 is 0 Å². The van der Waals surface area contributed by atoms with Crippen molar-refractivity contribution in [2.24, 2.45) is 4.40 Å². The van der Waals surface area contributed by atoms with Gasteiger partial charge in [0.05, 0.1) is 11.9 Å². The van der Waals surface area contributed by atoms with E-state index in [9.17, 15) is 13.2 Å². The second-order valence-electron chi connectivity index (χ2n) is 6.86. The Morgan fingerprint density at radius 3 is 2.68 bits per heavy atom. The van der Waals surface area contributed by atoms with Crippen LogP contribution in [0, 0.1) is 12.3 Å². The van der Waals surface area contributed by atoms with Gasteiger partial charge in [-0.05, 0) is 35.9 Å². The minimum Gasteiger partial charge on any atom is -0.368 e. The lowest BCUT2D eigenvalue weighted by Crippen LogP contribution is -2.15. The second kappa shape index (κ2) is 9.16. The molecule has 0 spiro atoms. The van der Waals surface area contributed by atoms with Crippen LogP contribution in [0.15, 0.2) is 57.8 Å². The van der Waals surface area contributed by atoms with Crippen LogP contribution in [0.3, 0.4) is 0 Å². The van der Waals surface area contributed by atoms with Crippen LogP contribution >= 0.6 is 11.6 Å². The quantitative estimate of drug-likeness (QED) is 0.350. The van der Waals surface area contributed by atoms with Crippen LogP contribution in [-0.4, -0.2) is 44.6 Å². The molecule has 0 saturated heterocycles. The highest BCUT2D eigenvalue weighted by atomic mass is 35.5. The van der Waals surface area contributed by atoms with Gasteiger partial charge in [0.2, 0.25) is 5.91 Å². The molecule has 9 heteroatoms. The summed E-state index contributed by atoms with van der Waals surface area (Å²) in [6.45, 7) is 0. The number of nitrogens with zero attached hydrogens (tertiary/aromatic N) is 3. The number of nitrogens with one attached hydrogen (secondary N) is 1. The van der Waals surface area contributed by atoms with Crippen molar-refractivity contribution in [3.05, 3.63) is 64.8 Å². The van der Waals surface area contributed by atoms with Gasteiger partial charge in [-0.25, -0.2) is 4.98 Å². The maximum absolute atomic E-state index is 12.9. The van der Waals surface area contributed by atoms with E-state index in [2.05, 4.69) is 20.6 Å². The molecule has 0 fully saturated rings. The summed E-state index contributed by atoms with van der Waals surface area (Å²) in [7, 11) is -0.750. The van der Waals surface area contributed by atoms with Gasteiger partial charge in [-0.3, -0.25) is 4.79 Å². The predicted octanol–water partition coefficient (Wildman–Crippen LogP) is 3.33. The van der Waals surface area contributed by atoms with Crippen LogP contribution in [0.1, 0.15) is 11.3 Å². The second-order valence-corrected chi connectivity index (χ2v) is 8.87. The van der Waals surface area contributed by atoms with E-state index in [0.717, 1.165) is 0 Å². The molecular weight excluding hydrogens is 436 g/mol. The third kappa shape index (κ3) is 5.40. The molecule has 3 rings (SSSR count). The van der Waals surface area contributed by atoms with Crippen molar-refractivity contribution < 1.29 is 13.2 Å². The first-order valence-corrected chi connectivity index (χ1v) is 10.9. The number of aromatic nitrogens is 1. The number of fused-ring (bicyclic) bond motifs is 1. The highest BCUT2D eigenvalue weighted by molar-refractivity contribution is 7.90. The molecule has 0 saturated carbocycles. The molecule has 1 amide bonds. The highest BCUT2D eigenvalue weighted by Crippen LogP contribution is 2.28. The molecule has 0 radical (unpaired) electrons. The zero-order valence-corrected chi connectivity index (χ0v) is 18.4. The van der Waals surface area contributed by atoms with Crippen molar-refractivity contribution in [1.29, 1.82) is 0 Å². The molecule has 2 aromatic carbocycles. The van der Waals surface area contributed by atoms with E-state index >= 15 is 0 Å². The number of pyridine rings is 1. The largest absolute Gasteiger partial charge is 0.368 e. The van der Waals surface area contributed by atoms with E-state index in [1.54, 1.807) is 56.6 Å². The Hall–Kier alpha value is -3.41. The molecule has 0 aliphatic heterocycles. The summed E-state index contributed by atoms with van der Waals surface area (Å²) in [5.74, 6) is 2.06. The Kier molecular flexibility index (Phi) is 6.59. The molecule has 0 atom stereocenters. The fourth-order valence-corrected chi connectivity index (χ4v) is 4.16. The van der Waals surface area contributed by atoms with Gasteiger partial charge in [0.15, 0.2) is 0 Å². The number of benzene rings is 2. The molecule has 1 heterocycles. The summed E-state index contributed by atoms with van der Waals surface area (Å²) in [5.41, 5.74) is 1.57. The lowest BCUT2D eigenvalue weighted by atomic mass is 10.1. The van der Waals surface area contributed by atoms with Crippen molar-refractivity contribution in [2.75, 3.05) is 19.4 Å². The van der Waals surface area contributed by atoms with Crippen molar-refractivity contribution in [1.82, 2.24) is 9.88 Å². The Morgan fingerprint density at radius 1 is 1.26 bits per heavy atom. The monoisotopic (exact) mass is 454 g/mol. The van der Waals surface area contributed by atoms with Crippen molar-refractivity contribution in [3.63, 3.8) is 0 Å². The van der Waals surface area contributed by atoms with E-state index in [1.165, 1.54) is 17.3 Å². The molecule has 31 heavy (non-hydrogen) atoms. The van der Waals surface area contributed by atoms with Crippen LogP contribution in [0.25, 0.3) is 10.9 Å². The molecule has 3 aromatic rings. The van der Waals surface area contributed by atoms with Crippen molar-refractivity contribution in [3.8, 4) is 12.3 Å². The van der Waals surface area contributed by atoms with Gasteiger partial charge in [-0.2, -0.15) is 8.42 Å².